The maximum Gasteiger partial charge on any atom is 0.335 e. The van der Waals surface area contributed by atoms with Crippen molar-refractivity contribution in [1.82, 2.24) is 0 Å². The van der Waals surface area contributed by atoms with Gasteiger partial charge in [0.1, 0.15) is 5.75 Å². The number of rotatable bonds is 8. The van der Waals surface area contributed by atoms with Crippen LogP contribution in [0.4, 0.5) is 11.4 Å². The Bertz CT molecular complexity index is 1090. The first-order valence-corrected chi connectivity index (χ1v) is 11.1. The monoisotopic (exact) mass is 503 g/mol. The Morgan fingerprint density at radius 1 is 1.17 bits per heavy atom. The highest BCUT2D eigenvalue weighted by Crippen LogP contribution is 2.38. The van der Waals surface area contributed by atoms with E-state index >= 15 is 0 Å². The number of thioether (sulfide) groups is 1. The second kappa shape index (κ2) is 10.1. The largest absolute Gasteiger partial charge is 0.495 e. The summed E-state index contributed by atoms with van der Waals surface area (Å²) in [5.74, 6) is 0.271. The van der Waals surface area contributed by atoms with Crippen LogP contribution in [-0.4, -0.2) is 18.2 Å². The van der Waals surface area contributed by atoms with Gasteiger partial charge in [0.15, 0.2) is 0 Å². The standard InChI is InChI=1S/C23H19BrClNO3S/c1-14(23(27)28)17-10-16(30-13-15-6-4-3-5-7-15)8-9-20(17)26-21-12-19(25)18(24)11-22(21)29-2/h3-12,26H,1,13H2,2H3,(H,27,28). The Hall–Kier alpha value is -2.41. The third-order valence-electron chi connectivity index (χ3n) is 4.33. The molecule has 2 N–H and O–H groups in total. The van der Waals surface area contributed by atoms with Gasteiger partial charge < -0.3 is 15.2 Å². The first-order chi connectivity index (χ1) is 14.4. The molecule has 0 aliphatic rings. The Kier molecular flexibility index (Phi) is 7.48. The lowest BCUT2D eigenvalue weighted by Crippen LogP contribution is -2.03. The summed E-state index contributed by atoms with van der Waals surface area (Å²) in [5.41, 5.74) is 2.92. The van der Waals surface area contributed by atoms with Gasteiger partial charge in [0.25, 0.3) is 0 Å². The Morgan fingerprint density at radius 2 is 1.90 bits per heavy atom. The molecule has 3 rings (SSSR count). The summed E-state index contributed by atoms with van der Waals surface area (Å²) >= 11 is 11.2. The van der Waals surface area contributed by atoms with E-state index in [0.29, 0.717) is 32.2 Å². The van der Waals surface area contributed by atoms with Crippen molar-refractivity contribution in [1.29, 1.82) is 0 Å². The molecule has 3 aromatic rings. The normalized spacial score (nSPS) is 10.5. The summed E-state index contributed by atoms with van der Waals surface area (Å²) in [5, 5.41) is 13.3. The molecular weight excluding hydrogens is 486 g/mol. The molecule has 0 aliphatic carbocycles. The number of halogens is 2. The van der Waals surface area contributed by atoms with E-state index in [1.807, 2.05) is 36.4 Å². The minimum absolute atomic E-state index is 0.00170. The molecule has 0 aliphatic heterocycles. The van der Waals surface area contributed by atoms with E-state index < -0.39 is 5.97 Å². The van der Waals surface area contributed by atoms with Gasteiger partial charge in [0.2, 0.25) is 0 Å². The number of carboxylic acids is 1. The molecule has 0 radical (unpaired) electrons. The first-order valence-electron chi connectivity index (χ1n) is 8.92. The molecule has 7 heteroatoms. The molecule has 0 unspecified atom stereocenters. The number of aliphatic carboxylic acids is 1. The highest BCUT2D eigenvalue weighted by molar-refractivity contribution is 9.10. The van der Waals surface area contributed by atoms with E-state index in [-0.39, 0.29) is 5.57 Å². The number of ether oxygens (including phenoxy) is 1. The minimum Gasteiger partial charge on any atom is -0.495 e. The van der Waals surface area contributed by atoms with Crippen LogP contribution in [0.2, 0.25) is 5.02 Å². The van der Waals surface area contributed by atoms with Gasteiger partial charge in [-0.05, 0) is 51.8 Å². The second-order valence-corrected chi connectivity index (χ2v) is 8.67. The second-order valence-electron chi connectivity index (χ2n) is 6.36. The summed E-state index contributed by atoms with van der Waals surface area (Å²) in [4.78, 5) is 12.6. The number of benzene rings is 3. The average Bonchev–Trinajstić information content (AvgIpc) is 2.75. The van der Waals surface area contributed by atoms with E-state index in [1.54, 1.807) is 31.0 Å². The molecule has 154 valence electrons. The molecule has 0 amide bonds. The molecule has 0 atom stereocenters. The highest BCUT2D eigenvalue weighted by atomic mass is 79.9. The molecule has 0 saturated carbocycles. The zero-order valence-electron chi connectivity index (χ0n) is 16.1. The fraction of sp³-hybridized carbons (Fsp3) is 0.0870. The summed E-state index contributed by atoms with van der Waals surface area (Å²) in [6.07, 6.45) is 0. The SMILES string of the molecule is C=C(C(=O)O)c1cc(SCc2ccccc2)ccc1Nc1cc(Cl)c(Br)cc1OC. The number of nitrogens with one attached hydrogen (secondary N) is 1. The number of hydrogen-bond acceptors (Lipinski definition) is 4. The van der Waals surface area contributed by atoms with Crippen molar-refractivity contribution in [3.05, 3.63) is 87.9 Å². The number of methoxy groups -OCH3 is 1. The quantitative estimate of drug-likeness (QED) is 0.250. The molecule has 0 bridgehead atoms. The molecule has 0 fully saturated rings. The molecule has 30 heavy (non-hydrogen) atoms. The molecular formula is C23H19BrClNO3S. The zero-order valence-corrected chi connectivity index (χ0v) is 19.3. The number of hydrogen-bond donors (Lipinski definition) is 2. The number of carbonyl (C=O) groups is 1. The van der Waals surface area contributed by atoms with Crippen LogP contribution in [0.1, 0.15) is 11.1 Å². The Morgan fingerprint density at radius 3 is 2.57 bits per heavy atom. The van der Waals surface area contributed by atoms with Crippen LogP contribution >= 0.6 is 39.3 Å². The van der Waals surface area contributed by atoms with Crippen molar-refractivity contribution in [2.75, 3.05) is 12.4 Å². The third kappa shape index (κ3) is 5.39. The summed E-state index contributed by atoms with van der Waals surface area (Å²) in [6, 6.07) is 19.2. The van der Waals surface area contributed by atoms with Crippen LogP contribution < -0.4 is 10.1 Å². The lowest BCUT2D eigenvalue weighted by Gasteiger charge is -2.17. The summed E-state index contributed by atoms with van der Waals surface area (Å²) in [7, 11) is 1.56. The van der Waals surface area contributed by atoms with Crippen molar-refractivity contribution < 1.29 is 14.6 Å². The Balaban J connectivity index is 1.93. The smallest absolute Gasteiger partial charge is 0.335 e. The molecule has 0 spiro atoms. The van der Waals surface area contributed by atoms with Gasteiger partial charge in [0, 0.05) is 26.4 Å². The number of anilines is 2. The molecule has 0 heterocycles. The molecule has 0 saturated heterocycles. The van der Waals surface area contributed by atoms with Crippen molar-refractivity contribution in [3.8, 4) is 5.75 Å². The fourth-order valence-corrected chi connectivity index (χ4v) is 4.15. The predicted molar refractivity (Wildman–Crippen MR) is 128 cm³/mol. The third-order valence-corrected chi connectivity index (χ3v) is 6.60. The van der Waals surface area contributed by atoms with Crippen LogP contribution in [0, 0.1) is 0 Å². The maximum atomic E-state index is 11.6. The van der Waals surface area contributed by atoms with Gasteiger partial charge in [-0.2, -0.15) is 0 Å². The fourth-order valence-electron chi connectivity index (χ4n) is 2.77. The molecule has 3 aromatic carbocycles. The summed E-state index contributed by atoms with van der Waals surface area (Å²) < 4.78 is 6.12. The van der Waals surface area contributed by atoms with E-state index in [9.17, 15) is 9.90 Å². The van der Waals surface area contributed by atoms with Crippen LogP contribution in [0.3, 0.4) is 0 Å². The summed E-state index contributed by atoms with van der Waals surface area (Å²) in [6.45, 7) is 3.75. The lowest BCUT2D eigenvalue weighted by atomic mass is 10.0. The molecule has 0 aromatic heterocycles. The maximum absolute atomic E-state index is 11.6. The van der Waals surface area contributed by atoms with Crippen molar-refractivity contribution in [3.63, 3.8) is 0 Å². The van der Waals surface area contributed by atoms with E-state index in [1.165, 1.54) is 5.56 Å². The average molecular weight is 505 g/mol. The van der Waals surface area contributed by atoms with Crippen LogP contribution in [0.5, 0.6) is 5.75 Å². The van der Waals surface area contributed by atoms with Crippen LogP contribution in [-0.2, 0) is 10.5 Å². The first kappa shape index (κ1) is 22.3. The van der Waals surface area contributed by atoms with Gasteiger partial charge >= 0.3 is 5.97 Å². The van der Waals surface area contributed by atoms with Crippen molar-refractivity contribution in [2.24, 2.45) is 0 Å². The minimum atomic E-state index is -1.08. The van der Waals surface area contributed by atoms with Crippen molar-refractivity contribution in [2.45, 2.75) is 10.6 Å². The van der Waals surface area contributed by atoms with Gasteiger partial charge in [-0.3, -0.25) is 0 Å². The Labute approximate surface area is 193 Å². The van der Waals surface area contributed by atoms with Gasteiger partial charge in [-0.15, -0.1) is 11.8 Å². The zero-order chi connectivity index (χ0) is 21.7. The number of carboxylic acid groups (broad SMARTS) is 1. The van der Waals surface area contributed by atoms with E-state index in [2.05, 4.69) is 40.0 Å². The molecule has 4 nitrogen and oxygen atoms in total. The highest BCUT2D eigenvalue weighted by Gasteiger charge is 2.16. The van der Waals surface area contributed by atoms with Crippen LogP contribution in [0.25, 0.3) is 5.57 Å². The van der Waals surface area contributed by atoms with Crippen LogP contribution in [0.15, 0.2) is 76.6 Å². The predicted octanol–water partition coefficient (Wildman–Crippen LogP) is 7.24. The van der Waals surface area contributed by atoms with Gasteiger partial charge in [-0.1, -0.05) is 48.5 Å². The lowest BCUT2D eigenvalue weighted by molar-refractivity contribution is -0.130. The van der Waals surface area contributed by atoms with E-state index in [0.717, 1.165) is 10.6 Å². The topological polar surface area (TPSA) is 58.6 Å². The van der Waals surface area contributed by atoms with Crippen molar-refractivity contribution >= 4 is 62.2 Å². The van der Waals surface area contributed by atoms with E-state index in [4.69, 9.17) is 16.3 Å². The van der Waals surface area contributed by atoms with Gasteiger partial charge in [-0.25, -0.2) is 4.79 Å². The van der Waals surface area contributed by atoms with Gasteiger partial charge in [0.05, 0.1) is 23.4 Å².